The van der Waals surface area contributed by atoms with Crippen LogP contribution in [-0.4, -0.2) is 52.1 Å². The van der Waals surface area contributed by atoms with E-state index in [-0.39, 0.29) is 17.7 Å². The molecular formula is C23H24ClN5O2S. The van der Waals surface area contributed by atoms with Crippen LogP contribution in [0.15, 0.2) is 35.3 Å². The smallest absolute Gasteiger partial charge is 0.170 e. The number of ether oxygens (including phenoxy) is 1. The van der Waals surface area contributed by atoms with Crippen LogP contribution >= 0.6 is 22.9 Å². The largest absolute Gasteiger partial charge is 0.368 e. The van der Waals surface area contributed by atoms with Crippen molar-refractivity contribution in [2.45, 2.75) is 38.8 Å². The van der Waals surface area contributed by atoms with Gasteiger partial charge in [0.25, 0.3) is 0 Å². The van der Waals surface area contributed by atoms with Crippen LogP contribution < -0.4 is 5.32 Å². The molecule has 4 heterocycles. The van der Waals surface area contributed by atoms with Crippen molar-refractivity contribution in [1.82, 2.24) is 20.1 Å². The Bertz CT molecular complexity index is 1210. The van der Waals surface area contributed by atoms with E-state index in [1.165, 1.54) is 0 Å². The number of thiophene rings is 1. The average molecular weight is 470 g/mol. The third kappa shape index (κ3) is 3.61. The number of halogens is 1. The molecule has 1 fully saturated rings. The van der Waals surface area contributed by atoms with Crippen molar-refractivity contribution in [3.63, 3.8) is 0 Å². The van der Waals surface area contributed by atoms with Gasteiger partial charge < -0.3 is 10.1 Å². The molecule has 9 heteroatoms. The number of nitrogens with zero attached hydrogens (tertiary/aromatic N) is 4. The second-order valence-corrected chi connectivity index (χ2v) is 9.60. The highest BCUT2D eigenvalue weighted by molar-refractivity contribution is 7.15. The topological polar surface area (TPSA) is 81.4 Å². The van der Waals surface area contributed by atoms with Crippen LogP contribution in [0, 0.1) is 6.92 Å². The number of aliphatic imine (C=N–C) groups is 1. The van der Waals surface area contributed by atoms with Gasteiger partial charge in [0.05, 0.1) is 18.2 Å². The molecule has 3 atom stereocenters. The van der Waals surface area contributed by atoms with Crippen LogP contribution in [0.3, 0.4) is 0 Å². The number of aryl methyl sites for hydroxylation is 1. The Morgan fingerprint density at radius 2 is 2.12 bits per heavy atom. The molecule has 7 nitrogen and oxygen atoms in total. The van der Waals surface area contributed by atoms with Crippen LogP contribution in [0.5, 0.6) is 0 Å². The molecule has 1 saturated heterocycles. The van der Waals surface area contributed by atoms with Gasteiger partial charge in [-0.15, -0.1) is 21.5 Å². The minimum absolute atomic E-state index is 0.0823. The molecular weight excluding hydrogens is 446 g/mol. The number of fused-ring (bicyclic) bond motifs is 3. The maximum atomic E-state index is 13.2. The van der Waals surface area contributed by atoms with Gasteiger partial charge in [0, 0.05) is 34.1 Å². The number of ketones is 1. The summed E-state index contributed by atoms with van der Waals surface area (Å²) >= 11 is 8.15. The van der Waals surface area contributed by atoms with E-state index in [1.54, 1.807) is 11.3 Å². The molecule has 0 aliphatic carbocycles. The molecule has 3 aromatic rings. The highest BCUT2D eigenvalue weighted by atomic mass is 35.5. The minimum Gasteiger partial charge on any atom is -0.368 e. The summed E-state index contributed by atoms with van der Waals surface area (Å²) in [6.07, 6.45) is -0.426. The monoisotopic (exact) mass is 469 g/mol. The van der Waals surface area contributed by atoms with Gasteiger partial charge >= 0.3 is 0 Å². The van der Waals surface area contributed by atoms with Crippen molar-refractivity contribution in [1.29, 1.82) is 0 Å². The summed E-state index contributed by atoms with van der Waals surface area (Å²) in [5, 5.41) is 13.5. The molecule has 0 amide bonds. The summed E-state index contributed by atoms with van der Waals surface area (Å²) in [6.45, 7) is 7.76. The Morgan fingerprint density at radius 3 is 2.88 bits per heavy atom. The second kappa shape index (κ2) is 8.51. The molecule has 32 heavy (non-hydrogen) atoms. The maximum Gasteiger partial charge on any atom is 0.170 e. The average Bonchev–Trinajstić information content (AvgIpc) is 3.38. The Labute approximate surface area is 195 Å². The van der Waals surface area contributed by atoms with E-state index >= 15 is 0 Å². The first-order chi connectivity index (χ1) is 15.5. The van der Waals surface area contributed by atoms with E-state index in [9.17, 15) is 4.79 Å². The number of carbonyl (C=O) groups is 1. The lowest BCUT2D eigenvalue weighted by Gasteiger charge is -2.24. The fraction of sp³-hybridized carbons (Fsp3) is 0.391. The van der Waals surface area contributed by atoms with Crippen LogP contribution in [0.4, 0.5) is 0 Å². The maximum absolute atomic E-state index is 13.2. The molecule has 2 aliphatic heterocycles. The van der Waals surface area contributed by atoms with Crippen molar-refractivity contribution < 1.29 is 9.53 Å². The number of benzene rings is 1. The Kier molecular flexibility index (Phi) is 5.71. The number of rotatable bonds is 4. The number of nitrogens with one attached hydrogen (secondary N) is 1. The predicted molar refractivity (Wildman–Crippen MR) is 126 cm³/mol. The zero-order valence-electron chi connectivity index (χ0n) is 18.1. The normalized spacial score (nSPS) is 21.3. The first-order valence-corrected chi connectivity index (χ1v) is 11.9. The predicted octanol–water partition coefficient (Wildman–Crippen LogP) is 3.86. The van der Waals surface area contributed by atoms with Gasteiger partial charge in [0.2, 0.25) is 0 Å². The molecule has 0 radical (unpaired) electrons. The molecule has 0 bridgehead atoms. The van der Waals surface area contributed by atoms with E-state index in [0.717, 1.165) is 44.9 Å². The van der Waals surface area contributed by atoms with Gasteiger partial charge in [0.1, 0.15) is 23.0 Å². The van der Waals surface area contributed by atoms with Gasteiger partial charge in [0.15, 0.2) is 11.6 Å². The number of carbonyl (C=O) groups excluding carboxylic acids is 1. The van der Waals surface area contributed by atoms with Gasteiger partial charge in [-0.2, -0.15) is 0 Å². The molecule has 3 unspecified atom stereocenters. The quantitative estimate of drug-likeness (QED) is 0.627. The van der Waals surface area contributed by atoms with E-state index in [1.807, 2.05) is 45.0 Å². The molecule has 1 aromatic carbocycles. The summed E-state index contributed by atoms with van der Waals surface area (Å²) < 4.78 is 7.77. The lowest BCUT2D eigenvalue weighted by molar-refractivity contribution is -0.133. The summed E-state index contributed by atoms with van der Waals surface area (Å²) in [4.78, 5) is 19.1. The summed E-state index contributed by atoms with van der Waals surface area (Å²) in [5.41, 5.74) is 2.61. The highest BCUT2D eigenvalue weighted by Gasteiger charge is 2.33. The zero-order valence-corrected chi connectivity index (χ0v) is 19.7. The van der Waals surface area contributed by atoms with Gasteiger partial charge in [-0.25, -0.2) is 0 Å². The second-order valence-electron chi connectivity index (χ2n) is 8.13. The molecule has 166 valence electrons. The Balaban J connectivity index is 1.64. The molecule has 1 N–H and O–H groups in total. The number of Topliss-reactive ketones (excluding diaryl/α,β-unsaturated/α-hetero) is 1. The first-order valence-electron chi connectivity index (χ1n) is 10.7. The fourth-order valence-corrected chi connectivity index (χ4v) is 5.71. The molecule has 0 spiro atoms. The van der Waals surface area contributed by atoms with Crippen molar-refractivity contribution in [2.75, 3.05) is 19.7 Å². The fourth-order valence-electron chi connectivity index (χ4n) is 4.21. The molecule has 5 rings (SSSR count). The first kappa shape index (κ1) is 21.5. The Morgan fingerprint density at radius 1 is 1.31 bits per heavy atom. The SMILES string of the molecule is Cc1nnc2n1-c1sc(C(C)C(=O)C3CNCCO3)cc1C(c1ccccc1Cl)=NC2C. The van der Waals surface area contributed by atoms with E-state index in [2.05, 4.69) is 26.1 Å². The van der Waals surface area contributed by atoms with Crippen LogP contribution in [0.2, 0.25) is 5.02 Å². The molecule has 2 aliphatic rings. The lowest BCUT2D eigenvalue weighted by atomic mass is 9.97. The third-order valence-corrected chi connectivity index (χ3v) is 7.60. The van der Waals surface area contributed by atoms with Crippen molar-refractivity contribution in [3.05, 3.63) is 63.0 Å². The van der Waals surface area contributed by atoms with Gasteiger partial charge in [-0.3, -0.25) is 14.4 Å². The number of hydrogen-bond donors (Lipinski definition) is 1. The summed E-state index contributed by atoms with van der Waals surface area (Å²) in [6, 6.07) is 9.59. The van der Waals surface area contributed by atoms with Crippen molar-refractivity contribution in [2.24, 2.45) is 4.99 Å². The highest BCUT2D eigenvalue weighted by Crippen LogP contribution is 2.39. The third-order valence-electron chi connectivity index (χ3n) is 5.96. The van der Waals surface area contributed by atoms with Gasteiger partial charge in [-0.1, -0.05) is 36.7 Å². The van der Waals surface area contributed by atoms with Crippen LogP contribution in [0.1, 0.15) is 53.5 Å². The summed E-state index contributed by atoms with van der Waals surface area (Å²) in [5.74, 6) is 1.34. The lowest BCUT2D eigenvalue weighted by Crippen LogP contribution is -2.44. The standard InChI is InChI=1S/C23H24ClN5O2S/c1-12(21(30)18-11-25-8-9-31-18)19-10-16-20(15-6-4-5-7-17(15)24)26-13(2)22-28-27-14(3)29(22)23(16)32-19/h4-7,10,12-13,18,25H,8-9,11H2,1-3H3. The van der Waals surface area contributed by atoms with Crippen molar-refractivity contribution in [3.8, 4) is 5.00 Å². The Hall–Kier alpha value is -2.39. The van der Waals surface area contributed by atoms with Crippen LogP contribution in [-0.2, 0) is 9.53 Å². The van der Waals surface area contributed by atoms with E-state index in [0.29, 0.717) is 18.2 Å². The van der Waals surface area contributed by atoms with Crippen LogP contribution in [0.25, 0.3) is 5.00 Å². The van der Waals surface area contributed by atoms with E-state index < -0.39 is 6.10 Å². The number of aromatic nitrogens is 3. The van der Waals surface area contributed by atoms with Crippen molar-refractivity contribution >= 4 is 34.4 Å². The van der Waals surface area contributed by atoms with E-state index in [4.69, 9.17) is 21.3 Å². The molecule has 2 aromatic heterocycles. The zero-order chi connectivity index (χ0) is 22.4. The molecule has 0 saturated carbocycles. The number of morpholine rings is 1. The number of hydrogen-bond acceptors (Lipinski definition) is 7. The van der Waals surface area contributed by atoms with Gasteiger partial charge in [-0.05, 0) is 26.0 Å². The summed E-state index contributed by atoms with van der Waals surface area (Å²) in [7, 11) is 0. The minimum atomic E-state index is -0.426.